The molecule has 0 aliphatic carbocycles. The van der Waals surface area contributed by atoms with Gasteiger partial charge in [-0.05, 0) is 24.3 Å². The topological polar surface area (TPSA) is 69.7 Å². The Kier molecular flexibility index (Phi) is 4.86. The maximum Gasteiger partial charge on any atom is 0.233 e. The number of halogens is 1. The van der Waals surface area contributed by atoms with Gasteiger partial charge in [0.2, 0.25) is 18.2 Å². The molecule has 112 valence electrons. The molecule has 0 atom stereocenters. The van der Waals surface area contributed by atoms with Crippen molar-refractivity contribution in [3.05, 3.63) is 30.1 Å². The Morgan fingerprint density at radius 2 is 1.76 bits per heavy atom. The lowest BCUT2D eigenvalue weighted by Crippen LogP contribution is -2.48. The van der Waals surface area contributed by atoms with E-state index in [2.05, 4.69) is 5.32 Å². The third-order valence-corrected chi connectivity index (χ3v) is 3.26. The van der Waals surface area contributed by atoms with Gasteiger partial charge in [0, 0.05) is 31.9 Å². The Morgan fingerprint density at radius 3 is 2.33 bits per heavy atom. The highest BCUT2D eigenvalue weighted by molar-refractivity contribution is 6.03. The molecule has 6 nitrogen and oxygen atoms in total. The van der Waals surface area contributed by atoms with Gasteiger partial charge in [0.25, 0.3) is 0 Å². The Hall–Kier alpha value is -2.44. The van der Waals surface area contributed by atoms with Crippen LogP contribution in [0.15, 0.2) is 24.3 Å². The highest BCUT2D eigenvalue weighted by atomic mass is 19.1. The fourth-order valence-electron chi connectivity index (χ4n) is 2.06. The number of nitrogens with zero attached hydrogens (tertiary/aromatic N) is 2. The molecule has 0 saturated carbocycles. The third-order valence-electron chi connectivity index (χ3n) is 3.26. The van der Waals surface area contributed by atoms with Crippen molar-refractivity contribution < 1.29 is 18.8 Å². The van der Waals surface area contributed by atoms with Gasteiger partial charge in [-0.1, -0.05) is 0 Å². The molecule has 7 heteroatoms. The van der Waals surface area contributed by atoms with Crippen LogP contribution < -0.4 is 5.32 Å². The first-order valence-corrected chi connectivity index (χ1v) is 6.61. The number of rotatable bonds is 4. The summed E-state index contributed by atoms with van der Waals surface area (Å²) in [7, 11) is 0. The van der Waals surface area contributed by atoms with Crippen LogP contribution in [0.3, 0.4) is 0 Å². The summed E-state index contributed by atoms with van der Waals surface area (Å²) in [5.74, 6) is -1.11. The molecule has 0 bridgehead atoms. The second-order valence-corrected chi connectivity index (χ2v) is 4.75. The molecule has 1 N–H and O–H groups in total. The molecule has 1 aliphatic rings. The molecular weight excluding hydrogens is 277 g/mol. The average molecular weight is 293 g/mol. The first-order valence-electron chi connectivity index (χ1n) is 6.61. The van der Waals surface area contributed by atoms with Crippen molar-refractivity contribution in [2.45, 2.75) is 6.42 Å². The minimum Gasteiger partial charge on any atom is -0.342 e. The summed E-state index contributed by atoms with van der Waals surface area (Å²) in [5.41, 5.74) is 0.444. The van der Waals surface area contributed by atoms with E-state index in [9.17, 15) is 18.8 Å². The third kappa shape index (κ3) is 4.27. The Labute approximate surface area is 121 Å². The maximum absolute atomic E-state index is 12.7. The van der Waals surface area contributed by atoms with Gasteiger partial charge in [-0.2, -0.15) is 0 Å². The molecule has 0 unspecified atom stereocenters. The monoisotopic (exact) mass is 293 g/mol. The van der Waals surface area contributed by atoms with Crippen LogP contribution in [0, 0.1) is 5.82 Å². The van der Waals surface area contributed by atoms with Gasteiger partial charge in [-0.25, -0.2) is 4.39 Å². The van der Waals surface area contributed by atoms with Gasteiger partial charge in [-0.3, -0.25) is 14.4 Å². The second kappa shape index (κ2) is 6.83. The number of nitrogens with one attached hydrogen (secondary N) is 1. The number of benzene rings is 1. The summed E-state index contributed by atoms with van der Waals surface area (Å²) >= 11 is 0. The predicted molar refractivity (Wildman–Crippen MR) is 73.9 cm³/mol. The number of anilines is 1. The number of amides is 3. The summed E-state index contributed by atoms with van der Waals surface area (Å²) in [4.78, 5) is 37.4. The number of carbonyl (C=O) groups is 3. The van der Waals surface area contributed by atoms with E-state index in [0.29, 0.717) is 31.9 Å². The lowest BCUT2D eigenvalue weighted by atomic mass is 10.2. The standard InChI is InChI=1S/C14H16FN3O3/c15-11-1-3-12(4-2-11)16-13(20)9-14(21)18-7-5-17(10-19)6-8-18/h1-4,10H,5-9H2,(H,16,20). The van der Waals surface area contributed by atoms with Gasteiger partial charge in [0.1, 0.15) is 12.2 Å². The molecular formula is C14H16FN3O3. The summed E-state index contributed by atoms with van der Waals surface area (Å²) in [6.07, 6.45) is 0.488. The molecule has 1 aromatic rings. The van der Waals surface area contributed by atoms with Crippen molar-refractivity contribution in [1.29, 1.82) is 0 Å². The van der Waals surface area contributed by atoms with Gasteiger partial charge in [-0.15, -0.1) is 0 Å². The zero-order valence-electron chi connectivity index (χ0n) is 11.4. The summed E-state index contributed by atoms with van der Waals surface area (Å²) in [5, 5.41) is 2.54. The van der Waals surface area contributed by atoms with E-state index in [4.69, 9.17) is 0 Å². The quantitative estimate of drug-likeness (QED) is 0.647. The molecule has 21 heavy (non-hydrogen) atoms. The van der Waals surface area contributed by atoms with Crippen molar-refractivity contribution in [3.63, 3.8) is 0 Å². The van der Waals surface area contributed by atoms with Crippen LogP contribution in [0.25, 0.3) is 0 Å². The van der Waals surface area contributed by atoms with Crippen LogP contribution in [0.2, 0.25) is 0 Å². The van der Waals surface area contributed by atoms with E-state index in [1.54, 1.807) is 9.80 Å². The number of hydrogen-bond acceptors (Lipinski definition) is 3. The van der Waals surface area contributed by atoms with Crippen molar-refractivity contribution in [2.75, 3.05) is 31.5 Å². The average Bonchev–Trinajstić information content (AvgIpc) is 2.49. The minimum atomic E-state index is -0.440. The fraction of sp³-hybridized carbons (Fsp3) is 0.357. The van der Waals surface area contributed by atoms with E-state index < -0.39 is 11.7 Å². The Bertz CT molecular complexity index is 525. The van der Waals surface area contributed by atoms with E-state index in [0.717, 1.165) is 6.41 Å². The SMILES string of the molecule is O=CN1CCN(C(=O)CC(=O)Nc2ccc(F)cc2)CC1. The molecule has 1 fully saturated rings. The predicted octanol–water partition coefficient (Wildman–Crippen LogP) is 0.455. The number of piperazine rings is 1. The summed E-state index contributed by atoms with van der Waals surface area (Å²) < 4.78 is 12.7. The zero-order chi connectivity index (χ0) is 15.2. The van der Waals surface area contributed by atoms with E-state index in [1.807, 2.05) is 0 Å². The van der Waals surface area contributed by atoms with Gasteiger partial charge in [0.15, 0.2) is 0 Å². The van der Waals surface area contributed by atoms with Crippen LogP contribution in [-0.4, -0.2) is 54.2 Å². The molecule has 0 spiro atoms. The van der Waals surface area contributed by atoms with E-state index in [1.165, 1.54) is 24.3 Å². The number of carbonyl (C=O) groups excluding carboxylic acids is 3. The van der Waals surface area contributed by atoms with Crippen LogP contribution >= 0.6 is 0 Å². The molecule has 1 aliphatic heterocycles. The molecule has 1 aromatic carbocycles. The van der Waals surface area contributed by atoms with Crippen LogP contribution in [0.1, 0.15) is 6.42 Å². The zero-order valence-corrected chi connectivity index (χ0v) is 11.4. The molecule has 1 saturated heterocycles. The first kappa shape index (κ1) is 15.0. The van der Waals surface area contributed by atoms with Crippen molar-refractivity contribution in [2.24, 2.45) is 0 Å². The lowest BCUT2D eigenvalue weighted by molar-refractivity contribution is -0.137. The number of hydrogen-bond donors (Lipinski definition) is 1. The highest BCUT2D eigenvalue weighted by Crippen LogP contribution is 2.09. The molecule has 1 heterocycles. The maximum atomic E-state index is 12.7. The van der Waals surface area contributed by atoms with E-state index in [-0.39, 0.29) is 12.3 Å². The smallest absolute Gasteiger partial charge is 0.233 e. The van der Waals surface area contributed by atoms with Gasteiger partial charge >= 0.3 is 0 Å². The molecule has 0 radical (unpaired) electrons. The van der Waals surface area contributed by atoms with Crippen LogP contribution in [0.5, 0.6) is 0 Å². The molecule has 0 aromatic heterocycles. The van der Waals surface area contributed by atoms with E-state index >= 15 is 0 Å². The largest absolute Gasteiger partial charge is 0.342 e. The minimum absolute atomic E-state index is 0.265. The summed E-state index contributed by atoms with van der Waals surface area (Å²) in [6.45, 7) is 1.83. The van der Waals surface area contributed by atoms with Crippen molar-refractivity contribution in [1.82, 2.24) is 9.80 Å². The summed E-state index contributed by atoms with van der Waals surface area (Å²) in [6, 6.07) is 5.33. The fourth-order valence-corrected chi connectivity index (χ4v) is 2.06. The van der Waals surface area contributed by atoms with Crippen LogP contribution in [0.4, 0.5) is 10.1 Å². The van der Waals surface area contributed by atoms with Crippen LogP contribution in [-0.2, 0) is 14.4 Å². The molecule has 2 rings (SSSR count). The normalized spacial score (nSPS) is 14.7. The lowest BCUT2D eigenvalue weighted by Gasteiger charge is -2.32. The second-order valence-electron chi connectivity index (χ2n) is 4.75. The van der Waals surface area contributed by atoms with Crippen molar-refractivity contribution in [3.8, 4) is 0 Å². The first-order chi connectivity index (χ1) is 10.1. The van der Waals surface area contributed by atoms with Gasteiger partial charge in [0.05, 0.1) is 0 Å². The highest BCUT2D eigenvalue weighted by Gasteiger charge is 2.21. The Morgan fingerprint density at radius 1 is 1.14 bits per heavy atom. The Balaban J connectivity index is 1.81. The molecule has 3 amide bonds. The van der Waals surface area contributed by atoms with Crippen molar-refractivity contribution >= 4 is 23.9 Å². The van der Waals surface area contributed by atoms with Gasteiger partial charge < -0.3 is 15.1 Å².